The highest BCUT2D eigenvalue weighted by molar-refractivity contribution is 6.26. The number of furan rings is 1. The van der Waals surface area contributed by atoms with E-state index in [2.05, 4.69) is 84.9 Å². The van der Waals surface area contributed by atoms with Crippen LogP contribution in [0.1, 0.15) is 6.85 Å². The van der Waals surface area contributed by atoms with E-state index in [0.29, 0.717) is 34.2 Å². The predicted molar refractivity (Wildman–Crippen MR) is 227 cm³/mol. The van der Waals surface area contributed by atoms with E-state index in [4.69, 9.17) is 26.2 Å². The Morgan fingerprint density at radius 3 is 1.60 bits per heavy atom. The highest BCUT2D eigenvalue weighted by Gasteiger charge is 2.20. The van der Waals surface area contributed by atoms with Crippen LogP contribution in [0.25, 0.3) is 111 Å². The van der Waals surface area contributed by atoms with Crippen LogP contribution in [0.5, 0.6) is 0 Å². The average molecular weight is 707 g/mol. The molecule has 0 saturated heterocycles. The third kappa shape index (κ3) is 5.19. The molecule has 0 bridgehead atoms. The molecule has 4 heteroatoms. The van der Waals surface area contributed by atoms with Gasteiger partial charge in [-0.3, -0.25) is 0 Å². The van der Waals surface area contributed by atoms with Gasteiger partial charge in [0.25, 0.3) is 0 Å². The molecule has 0 radical (unpaired) electrons. The summed E-state index contributed by atoms with van der Waals surface area (Å²) in [5, 5.41) is 9.10. The monoisotopic (exact) mass is 706 g/mol. The zero-order valence-corrected chi connectivity index (χ0v) is 29.3. The molecule has 0 atom stereocenters. The van der Waals surface area contributed by atoms with E-state index in [9.17, 15) is 0 Å². The van der Waals surface area contributed by atoms with Gasteiger partial charge in [-0.2, -0.15) is 0 Å². The summed E-state index contributed by atoms with van der Waals surface area (Å²) in [6.45, 7) is 0. The van der Waals surface area contributed by atoms with Crippen molar-refractivity contribution in [2.45, 2.75) is 0 Å². The predicted octanol–water partition coefficient (Wildman–Crippen LogP) is 13.6. The number of aromatic nitrogens is 3. The normalized spacial score (nSPS) is 12.9. The largest absolute Gasteiger partial charge is 0.455 e. The zero-order valence-electron chi connectivity index (χ0n) is 34.3. The number of nitrogens with zero attached hydrogens (tertiary/aromatic N) is 3. The second-order valence-corrected chi connectivity index (χ2v) is 13.6. The molecule has 4 nitrogen and oxygen atoms in total. The second kappa shape index (κ2) is 12.6. The first-order valence-electron chi connectivity index (χ1n) is 20.6. The van der Waals surface area contributed by atoms with Crippen molar-refractivity contribution in [2.24, 2.45) is 0 Å². The molecular formula is C51H31N3O. The lowest BCUT2D eigenvalue weighted by molar-refractivity contribution is 0.670. The maximum atomic E-state index is 8.48. The van der Waals surface area contributed by atoms with Gasteiger partial charge in [-0.25, -0.2) is 15.0 Å². The summed E-state index contributed by atoms with van der Waals surface area (Å²) in [4.78, 5) is 15.0. The second-order valence-electron chi connectivity index (χ2n) is 13.6. The summed E-state index contributed by atoms with van der Waals surface area (Å²) in [6, 6.07) is 51.2. The minimum absolute atomic E-state index is 0.136. The van der Waals surface area contributed by atoms with Crippen LogP contribution in [0.3, 0.4) is 0 Å². The minimum Gasteiger partial charge on any atom is -0.455 e. The highest BCUT2D eigenvalue weighted by atomic mass is 16.3. The third-order valence-electron chi connectivity index (χ3n) is 10.4. The van der Waals surface area contributed by atoms with Gasteiger partial charge in [-0.1, -0.05) is 176 Å². The first kappa shape index (κ1) is 26.4. The van der Waals surface area contributed by atoms with Gasteiger partial charge >= 0.3 is 0 Å². The summed E-state index contributed by atoms with van der Waals surface area (Å²) < 4.78 is 48.1. The van der Waals surface area contributed by atoms with E-state index in [-0.39, 0.29) is 29.7 Å². The quantitative estimate of drug-likeness (QED) is 0.167. The van der Waals surface area contributed by atoms with Gasteiger partial charge < -0.3 is 4.42 Å². The van der Waals surface area contributed by atoms with Gasteiger partial charge in [0.1, 0.15) is 11.2 Å². The lowest BCUT2D eigenvalue weighted by Gasteiger charge is -2.12. The van der Waals surface area contributed by atoms with E-state index in [1.54, 1.807) is 24.3 Å². The summed E-state index contributed by atoms with van der Waals surface area (Å²) in [6.07, 6.45) is 0. The molecule has 11 rings (SSSR count). The van der Waals surface area contributed by atoms with Gasteiger partial charge in [-0.15, -0.1) is 0 Å². The van der Waals surface area contributed by atoms with Crippen LogP contribution >= 0.6 is 0 Å². The molecule has 0 aliphatic carbocycles. The molecule has 0 fully saturated rings. The molecule has 0 aliphatic rings. The fourth-order valence-corrected chi connectivity index (χ4v) is 7.86. The van der Waals surface area contributed by atoms with Crippen molar-refractivity contribution < 1.29 is 11.3 Å². The summed E-state index contributed by atoms with van der Waals surface area (Å²) in [7, 11) is 0. The molecule has 9 aromatic carbocycles. The van der Waals surface area contributed by atoms with Crippen LogP contribution in [0.2, 0.25) is 0 Å². The van der Waals surface area contributed by atoms with Crippen molar-refractivity contribution in [3.63, 3.8) is 0 Å². The number of fused-ring (bicyclic) bond motifs is 9. The Hall–Kier alpha value is -7.43. The van der Waals surface area contributed by atoms with Gasteiger partial charge in [-0.05, 0) is 61.1 Å². The van der Waals surface area contributed by atoms with Crippen molar-refractivity contribution in [1.82, 2.24) is 15.0 Å². The average Bonchev–Trinajstić information content (AvgIpc) is 3.70. The van der Waals surface area contributed by atoms with Crippen molar-refractivity contribution in [1.29, 1.82) is 0 Å². The third-order valence-corrected chi connectivity index (χ3v) is 10.4. The van der Waals surface area contributed by atoms with E-state index < -0.39 is 6.04 Å². The molecule has 11 aromatic rings. The fraction of sp³-hybridized carbons (Fsp3) is 0. The Balaban J connectivity index is 1.07. The maximum absolute atomic E-state index is 8.48. The van der Waals surface area contributed by atoms with Crippen molar-refractivity contribution in [2.75, 3.05) is 0 Å². The lowest BCUT2D eigenvalue weighted by Crippen LogP contribution is -2.00. The van der Waals surface area contributed by atoms with Crippen LogP contribution in [-0.2, 0) is 0 Å². The number of rotatable bonds is 5. The number of benzene rings is 9. The lowest BCUT2D eigenvalue weighted by atomic mass is 9.91. The Kier molecular flexibility index (Phi) is 6.04. The van der Waals surface area contributed by atoms with Gasteiger partial charge in [0.2, 0.25) is 0 Å². The molecule has 0 saturated carbocycles. The molecule has 0 N–H and O–H groups in total. The Bertz CT molecular complexity index is 3490. The van der Waals surface area contributed by atoms with Crippen LogP contribution in [0.4, 0.5) is 0 Å². The molecule has 0 unspecified atom stereocenters. The molecule has 0 amide bonds. The molecule has 2 aromatic heterocycles. The molecule has 2 heterocycles. The SMILES string of the molecule is [2H]c1c([2H])c([2H])c(-c2ccc(-c3nc(-c4ccccc4)nc(-c4cccc5oc6c(-c7ccc8c9ccccc9c9ccccc9c8c7)cccc6c45)n3)cc2)c([2H])c1[2H]. The van der Waals surface area contributed by atoms with Gasteiger partial charge in [0, 0.05) is 33.0 Å². The van der Waals surface area contributed by atoms with E-state index >= 15 is 0 Å². The van der Waals surface area contributed by atoms with Gasteiger partial charge in [0.15, 0.2) is 17.5 Å². The van der Waals surface area contributed by atoms with Crippen molar-refractivity contribution in [3.8, 4) is 56.4 Å². The Morgan fingerprint density at radius 2 is 0.891 bits per heavy atom. The highest BCUT2D eigenvalue weighted by Crippen LogP contribution is 2.42. The fourth-order valence-electron chi connectivity index (χ4n) is 7.86. The summed E-state index contributed by atoms with van der Waals surface area (Å²) in [5.74, 6) is 1.39. The molecular weight excluding hydrogens is 671 g/mol. The number of para-hydroxylation sites is 1. The van der Waals surface area contributed by atoms with Gasteiger partial charge in [0.05, 0.1) is 6.85 Å². The first-order valence-corrected chi connectivity index (χ1v) is 18.1. The number of hydrogen-bond acceptors (Lipinski definition) is 4. The zero-order chi connectivity index (χ0) is 40.6. The van der Waals surface area contributed by atoms with E-state index in [0.717, 1.165) is 38.6 Å². The Labute approximate surface area is 324 Å². The summed E-state index contributed by atoms with van der Waals surface area (Å²) >= 11 is 0. The van der Waals surface area contributed by atoms with Crippen molar-refractivity contribution in [3.05, 3.63) is 188 Å². The maximum Gasteiger partial charge on any atom is 0.164 e. The summed E-state index contributed by atoms with van der Waals surface area (Å²) in [5.41, 5.74) is 6.42. The molecule has 55 heavy (non-hydrogen) atoms. The topological polar surface area (TPSA) is 51.8 Å². The van der Waals surface area contributed by atoms with Crippen LogP contribution in [0, 0.1) is 0 Å². The number of hydrogen-bond donors (Lipinski definition) is 0. The van der Waals surface area contributed by atoms with Crippen LogP contribution in [-0.4, -0.2) is 15.0 Å². The van der Waals surface area contributed by atoms with E-state index in [1.165, 1.54) is 32.3 Å². The molecule has 0 aliphatic heterocycles. The standard InChI is InChI=1S/C51H31N3O/c1-3-13-32(14-4-1)33-25-27-35(28-26-33)50-52-49(34-15-5-2-6-16-34)53-51(54-50)44-23-12-24-46-47(44)43-22-11-21-37(48(43)55-46)36-29-30-42-40-19-8-7-17-38(40)39-18-9-10-20-41(39)45(42)31-36/h1-31H/i1D,3D,4D,13D,14D. The first-order chi connectivity index (χ1) is 29.3. The van der Waals surface area contributed by atoms with Crippen LogP contribution in [0.15, 0.2) is 192 Å². The molecule has 0 spiro atoms. The Morgan fingerprint density at radius 1 is 0.364 bits per heavy atom. The molecule has 256 valence electrons. The van der Waals surface area contributed by atoms with Crippen LogP contribution < -0.4 is 0 Å². The minimum atomic E-state index is -0.426. The van der Waals surface area contributed by atoms with E-state index in [1.807, 2.05) is 48.5 Å². The van der Waals surface area contributed by atoms with Crippen molar-refractivity contribution >= 4 is 54.3 Å². The smallest absolute Gasteiger partial charge is 0.164 e.